The highest BCUT2D eigenvalue weighted by atomic mass is 19.3. The van der Waals surface area contributed by atoms with E-state index in [1.165, 1.54) is 6.07 Å². The fraction of sp³-hybridized carbons (Fsp3) is 0.0476. The van der Waals surface area contributed by atoms with Crippen LogP contribution < -0.4 is 0 Å². The number of para-hydroxylation sites is 2. The van der Waals surface area contributed by atoms with Gasteiger partial charge in [-0.15, -0.1) is 0 Å². The van der Waals surface area contributed by atoms with Crippen LogP contribution in [0.15, 0.2) is 85.5 Å². The third kappa shape index (κ3) is 2.13. The van der Waals surface area contributed by atoms with E-state index in [1.54, 1.807) is 12.1 Å². The number of aromatic nitrogens is 1. The molecule has 24 heavy (non-hydrogen) atoms. The van der Waals surface area contributed by atoms with Gasteiger partial charge in [-0.3, -0.25) is 0 Å². The molecule has 0 fully saturated rings. The van der Waals surface area contributed by atoms with Crippen LogP contribution in [0.3, 0.4) is 0 Å². The molecule has 1 aromatic heterocycles. The molecule has 1 heterocycles. The van der Waals surface area contributed by atoms with Crippen molar-refractivity contribution in [3.8, 4) is 5.69 Å². The summed E-state index contributed by atoms with van der Waals surface area (Å²) in [5.41, 5.74) is 2.87. The third-order valence-corrected chi connectivity index (χ3v) is 4.33. The third-order valence-electron chi connectivity index (χ3n) is 4.33. The molecular formula is C21H15F2N. The molecule has 4 aromatic rings. The van der Waals surface area contributed by atoms with Crippen LogP contribution in [0, 0.1) is 0 Å². The van der Waals surface area contributed by atoms with E-state index in [0.29, 0.717) is 6.08 Å². The summed E-state index contributed by atoms with van der Waals surface area (Å²) in [6, 6.07) is 22.6. The number of allylic oxidation sites excluding steroid dienone is 1. The predicted molar refractivity (Wildman–Crippen MR) is 94.9 cm³/mol. The van der Waals surface area contributed by atoms with E-state index >= 15 is 0 Å². The number of rotatable bonds is 3. The van der Waals surface area contributed by atoms with Crippen LogP contribution in [-0.2, 0) is 5.92 Å². The first-order chi connectivity index (χ1) is 11.6. The van der Waals surface area contributed by atoms with Crippen molar-refractivity contribution in [1.82, 2.24) is 4.57 Å². The molecule has 4 rings (SSSR count). The number of fused-ring (bicyclic) bond motifs is 3. The molecule has 0 amide bonds. The van der Waals surface area contributed by atoms with Crippen LogP contribution in [-0.4, -0.2) is 4.57 Å². The van der Waals surface area contributed by atoms with Crippen molar-refractivity contribution in [3.63, 3.8) is 0 Å². The smallest absolute Gasteiger partial charge is 0.291 e. The van der Waals surface area contributed by atoms with Crippen molar-refractivity contribution in [2.75, 3.05) is 0 Å². The number of halogens is 2. The largest absolute Gasteiger partial charge is 0.309 e. The second kappa shape index (κ2) is 5.31. The summed E-state index contributed by atoms with van der Waals surface area (Å²) in [7, 11) is 0. The second-order valence-corrected chi connectivity index (χ2v) is 5.75. The Balaban J connectivity index is 2.11. The summed E-state index contributed by atoms with van der Waals surface area (Å²) in [4.78, 5) is 0. The molecule has 0 N–H and O–H groups in total. The van der Waals surface area contributed by atoms with Crippen LogP contribution in [0.2, 0.25) is 0 Å². The fourth-order valence-corrected chi connectivity index (χ4v) is 3.15. The minimum atomic E-state index is -3.04. The van der Waals surface area contributed by atoms with Gasteiger partial charge in [-0.2, -0.15) is 8.78 Å². The maximum absolute atomic E-state index is 14.0. The lowest BCUT2D eigenvalue weighted by Crippen LogP contribution is -2.08. The summed E-state index contributed by atoms with van der Waals surface area (Å²) < 4.78 is 30.1. The Hall–Kier alpha value is -2.94. The molecule has 0 atom stereocenters. The van der Waals surface area contributed by atoms with Crippen LogP contribution in [0.4, 0.5) is 8.78 Å². The van der Waals surface area contributed by atoms with Crippen molar-refractivity contribution in [3.05, 3.63) is 91.0 Å². The average molecular weight is 319 g/mol. The van der Waals surface area contributed by atoms with Crippen LogP contribution in [0.25, 0.3) is 27.5 Å². The first kappa shape index (κ1) is 14.6. The molecule has 0 radical (unpaired) electrons. The number of alkyl halides is 2. The summed E-state index contributed by atoms with van der Waals surface area (Å²) in [6.45, 7) is 3.25. The van der Waals surface area contributed by atoms with Gasteiger partial charge in [0.2, 0.25) is 0 Å². The first-order valence-electron chi connectivity index (χ1n) is 7.72. The zero-order chi connectivity index (χ0) is 16.7. The molecular weight excluding hydrogens is 304 g/mol. The molecule has 0 aliphatic carbocycles. The fourth-order valence-electron chi connectivity index (χ4n) is 3.15. The highest BCUT2D eigenvalue weighted by Crippen LogP contribution is 2.36. The SMILES string of the molecule is C=CC(F)(F)c1ccc2c(c1)c1ccccc1n2-c1ccccc1. The van der Waals surface area contributed by atoms with E-state index in [-0.39, 0.29) is 5.56 Å². The standard InChI is InChI=1S/C21H15F2N/c1-2-21(22,23)15-12-13-20-18(14-15)17-10-6-7-11-19(17)24(20)16-8-4-3-5-9-16/h2-14H,1H2. The molecule has 0 saturated carbocycles. The van der Waals surface area contributed by atoms with E-state index in [0.717, 1.165) is 27.5 Å². The van der Waals surface area contributed by atoms with Gasteiger partial charge in [0.05, 0.1) is 11.0 Å². The molecule has 1 nitrogen and oxygen atoms in total. The lowest BCUT2D eigenvalue weighted by atomic mass is 10.0. The normalized spacial score (nSPS) is 11.9. The van der Waals surface area contributed by atoms with E-state index in [2.05, 4.69) is 11.1 Å². The Morgan fingerprint density at radius 1 is 0.792 bits per heavy atom. The van der Waals surface area contributed by atoms with Gasteiger partial charge in [0.15, 0.2) is 0 Å². The maximum Gasteiger partial charge on any atom is 0.291 e. The van der Waals surface area contributed by atoms with E-state index in [9.17, 15) is 8.78 Å². The van der Waals surface area contributed by atoms with Crippen molar-refractivity contribution in [1.29, 1.82) is 0 Å². The predicted octanol–water partition coefficient (Wildman–Crippen LogP) is 6.06. The maximum atomic E-state index is 14.0. The van der Waals surface area contributed by atoms with Gasteiger partial charge in [0, 0.05) is 22.0 Å². The second-order valence-electron chi connectivity index (χ2n) is 5.75. The Morgan fingerprint density at radius 3 is 2.21 bits per heavy atom. The highest BCUT2D eigenvalue weighted by Gasteiger charge is 2.27. The Labute approximate surface area is 138 Å². The van der Waals surface area contributed by atoms with Gasteiger partial charge in [0.25, 0.3) is 5.92 Å². The van der Waals surface area contributed by atoms with Gasteiger partial charge in [-0.05, 0) is 36.4 Å². The highest BCUT2D eigenvalue weighted by molar-refractivity contribution is 6.09. The van der Waals surface area contributed by atoms with Crippen molar-refractivity contribution < 1.29 is 8.78 Å². The Bertz CT molecular complexity index is 1050. The molecule has 0 spiro atoms. The molecule has 0 bridgehead atoms. The van der Waals surface area contributed by atoms with Crippen LogP contribution >= 0.6 is 0 Å². The molecule has 0 saturated heterocycles. The van der Waals surface area contributed by atoms with Crippen molar-refractivity contribution in [2.45, 2.75) is 5.92 Å². The lowest BCUT2D eigenvalue weighted by molar-refractivity contribution is 0.0527. The minimum absolute atomic E-state index is 0.0408. The van der Waals surface area contributed by atoms with E-state index in [1.807, 2.05) is 54.6 Å². The molecule has 0 aliphatic rings. The van der Waals surface area contributed by atoms with Gasteiger partial charge >= 0.3 is 0 Å². The number of benzene rings is 3. The summed E-state index contributed by atoms with van der Waals surface area (Å²) in [5.74, 6) is -3.04. The van der Waals surface area contributed by atoms with Gasteiger partial charge in [-0.1, -0.05) is 49.0 Å². The summed E-state index contributed by atoms with van der Waals surface area (Å²) in [6.07, 6.45) is 0.685. The van der Waals surface area contributed by atoms with Gasteiger partial charge in [0.1, 0.15) is 0 Å². The molecule has 0 unspecified atom stereocenters. The topological polar surface area (TPSA) is 4.93 Å². The van der Waals surface area contributed by atoms with E-state index < -0.39 is 5.92 Å². The number of nitrogens with zero attached hydrogens (tertiary/aromatic N) is 1. The molecule has 3 heteroatoms. The zero-order valence-electron chi connectivity index (χ0n) is 12.9. The number of hydrogen-bond acceptors (Lipinski definition) is 0. The lowest BCUT2D eigenvalue weighted by Gasteiger charge is -2.12. The quantitative estimate of drug-likeness (QED) is 0.404. The van der Waals surface area contributed by atoms with Crippen LogP contribution in [0.5, 0.6) is 0 Å². The number of hydrogen-bond donors (Lipinski definition) is 0. The van der Waals surface area contributed by atoms with E-state index in [4.69, 9.17) is 0 Å². The summed E-state index contributed by atoms with van der Waals surface area (Å²) >= 11 is 0. The van der Waals surface area contributed by atoms with Gasteiger partial charge in [-0.25, -0.2) is 0 Å². The molecule has 118 valence electrons. The zero-order valence-corrected chi connectivity index (χ0v) is 12.9. The van der Waals surface area contributed by atoms with Crippen molar-refractivity contribution >= 4 is 21.8 Å². The molecule has 0 aliphatic heterocycles. The first-order valence-corrected chi connectivity index (χ1v) is 7.72. The summed E-state index contributed by atoms with van der Waals surface area (Å²) in [5, 5.41) is 1.77. The average Bonchev–Trinajstić information content (AvgIpc) is 2.96. The van der Waals surface area contributed by atoms with Crippen molar-refractivity contribution in [2.24, 2.45) is 0 Å². The Morgan fingerprint density at radius 2 is 1.46 bits per heavy atom. The molecule has 3 aromatic carbocycles. The Kier molecular flexibility index (Phi) is 3.24. The minimum Gasteiger partial charge on any atom is -0.309 e. The van der Waals surface area contributed by atoms with Gasteiger partial charge < -0.3 is 4.57 Å². The van der Waals surface area contributed by atoms with Crippen LogP contribution in [0.1, 0.15) is 5.56 Å². The monoisotopic (exact) mass is 319 g/mol.